The molecule has 3 rings (SSSR count). The predicted molar refractivity (Wildman–Crippen MR) is 92.5 cm³/mol. The van der Waals surface area contributed by atoms with E-state index in [1.165, 1.54) is 6.92 Å². The van der Waals surface area contributed by atoms with Gasteiger partial charge in [-0.3, -0.25) is 9.48 Å². The molecule has 1 saturated heterocycles. The van der Waals surface area contributed by atoms with Crippen molar-refractivity contribution in [3.05, 3.63) is 34.2 Å². The van der Waals surface area contributed by atoms with E-state index in [1.54, 1.807) is 4.90 Å². The number of carbonyl (C=O) groups is 1. The summed E-state index contributed by atoms with van der Waals surface area (Å²) in [5.41, 5.74) is -0.234. The number of halogens is 4. The predicted octanol–water partition coefficient (Wildman–Crippen LogP) is 2.31. The van der Waals surface area contributed by atoms with Crippen LogP contribution in [-0.4, -0.2) is 57.0 Å². The van der Waals surface area contributed by atoms with Crippen LogP contribution in [0, 0.1) is 13.8 Å². The van der Waals surface area contributed by atoms with E-state index in [9.17, 15) is 18.0 Å². The molecule has 1 fully saturated rings. The van der Waals surface area contributed by atoms with Crippen molar-refractivity contribution in [3.8, 4) is 0 Å². The van der Waals surface area contributed by atoms with Crippen LogP contribution in [0.1, 0.15) is 17.1 Å². The second-order valence-electron chi connectivity index (χ2n) is 6.30. The Morgan fingerprint density at radius 1 is 1.15 bits per heavy atom. The van der Waals surface area contributed by atoms with Crippen LogP contribution in [0.4, 0.5) is 19.0 Å². The van der Waals surface area contributed by atoms with Crippen LogP contribution < -0.4 is 4.90 Å². The standard InChI is InChI=1S/C16H18ClF3N6O/c1-10-3-4-12(22-21-10)24-5-7-25(8-6-24)13(27)9-26-11(2)14(17)15(23-26)16(18,19)20/h3-4H,5-9H2,1-2H3. The second-order valence-corrected chi connectivity index (χ2v) is 6.68. The Morgan fingerprint density at radius 3 is 2.33 bits per heavy atom. The minimum atomic E-state index is -4.66. The fourth-order valence-electron chi connectivity index (χ4n) is 2.83. The van der Waals surface area contributed by atoms with Gasteiger partial charge in [-0.05, 0) is 26.0 Å². The van der Waals surface area contributed by atoms with Gasteiger partial charge in [0.2, 0.25) is 5.91 Å². The number of rotatable bonds is 3. The summed E-state index contributed by atoms with van der Waals surface area (Å²) in [6, 6.07) is 3.73. The van der Waals surface area contributed by atoms with Crippen molar-refractivity contribution in [2.45, 2.75) is 26.6 Å². The van der Waals surface area contributed by atoms with Gasteiger partial charge >= 0.3 is 6.18 Å². The third-order valence-corrected chi connectivity index (χ3v) is 4.88. The molecular weight excluding hydrogens is 385 g/mol. The third kappa shape index (κ3) is 4.15. The molecule has 0 N–H and O–H groups in total. The summed E-state index contributed by atoms with van der Waals surface area (Å²) >= 11 is 5.72. The number of alkyl halides is 3. The van der Waals surface area contributed by atoms with E-state index in [-0.39, 0.29) is 18.1 Å². The molecule has 0 unspecified atom stereocenters. The lowest BCUT2D eigenvalue weighted by Gasteiger charge is -2.35. The summed E-state index contributed by atoms with van der Waals surface area (Å²) in [5, 5.41) is 11.1. The minimum Gasteiger partial charge on any atom is -0.352 e. The first-order chi connectivity index (χ1) is 12.7. The highest BCUT2D eigenvalue weighted by molar-refractivity contribution is 6.32. The molecule has 1 aliphatic rings. The highest BCUT2D eigenvalue weighted by Gasteiger charge is 2.38. The van der Waals surface area contributed by atoms with Crippen LogP contribution in [0.3, 0.4) is 0 Å². The maximum absolute atomic E-state index is 12.9. The van der Waals surface area contributed by atoms with Crippen LogP contribution >= 0.6 is 11.6 Å². The maximum atomic E-state index is 12.9. The zero-order chi connectivity index (χ0) is 19.8. The molecule has 2 aromatic rings. The minimum absolute atomic E-state index is 0.117. The number of amides is 1. The van der Waals surface area contributed by atoms with E-state index in [0.29, 0.717) is 26.2 Å². The van der Waals surface area contributed by atoms with Crippen LogP contribution in [0.2, 0.25) is 5.02 Å². The second kappa shape index (κ2) is 7.34. The van der Waals surface area contributed by atoms with Crippen LogP contribution in [0.25, 0.3) is 0 Å². The Bertz CT molecular complexity index is 828. The van der Waals surface area contributed by atoms with Gasteiger partial charge in [-0.15, -0.1) is 5.10 Å². The van der Waals surface area contributed by atoms with Gasteiger partial charge in [-0.1, -0.05) is 11.6 Å². The van der Waals surface area contributed by atoms with E-state index in [4.69, 9.17) is 11.6 Å². The van der Waals surface area contributed by atoms with Crippen molar-refractivity contribution in [1.29, 1.82) is 0 Å². The van der Waals surface area contributed by atoms with Gasteiger partial charge in [0.15, 0.2) is 11.5 Å². The monoisotopic (exact) mass is 402 g/mol. The number of hydrogen-bond donors (Lipinski definition) is 0. The van der Waals surface area contributed by atoms with Crippen molar-refractivity contribution in [3.63, 3.8) is 0 Å². The normalized spacial score (nSPS) is 15.3. The zero-order valence-corrected chi connectivity index (χ0v) is 15.5. The number of carbonyl (C=O) groups excluding carboxylic acids is 1. The van der Waals surface area contributed by atoms with E-state index in [1.807, 2.05) is 24.0 Å². The summed E-state index contributed by atoms with van der Waals surface area (Å²) < 4.78 is 39.7. The first-order valence-electron chi connectivity index (χ1n) is 8.30. The van der Waals surface area contributed by atoms with Gasteiger partial charge in [-0.25, -0.2) is 0 Å². The Morgan fingerprint density at radius 2 is 1.81 bits per heavy atom. The third-order valence-electron chi connectivity index (χ3n) is 4.43. The topological polar surface area (TPSA) is 67.2 Å². The molecule has 0 bridgehead atoms. The van der Waals surface area contributed by atoms with E-state index in [0.717, 1.165) is 16.2 Å². The lowest BCUT2D eigenvalue weighted by molar-refractivity contribution is -0.142. The lowest BCUT2D eigenvalue weighted by atomic mass is 10.3. The fraction of sp³-hybridized carbons (Fsp3) is 0.500. The van der Waals surface area contributed by atoms with Gasteiger partial charge in [0.05, 0.1) is 16.4 Å². The summed E-state index contributed by atoms with van der Waals surface area (Å²) in [5.74, 6) is 0.429. The van der Waals surface area contributed by atoms with Crippen LogP contribution in [0.5, 0.6) is 0 Å². The molecule has 1 amide bonds. The molecular formula is C16H18ClF3N6O. The largest absolute Gasteiger partial charge is 0.436 e. The molecule has 7 nitrogen and oxygen atoms in total. The molecule has 11 heteroatoms. The summed E-state index contributed by atoms with van der Waals surface area (Å²) in [6.07, 6.45) is -4.66. The highest BCUT2D eigenvalue weighted by atomic mass is 35.5. The maximum Gasteiger partial charge on any atom is 0.436 e. The van der Waals surface area contributed by atoms with Crippen LogP contribution in [-0.2, 0) is 17.5 Å². The number of aromatic nitrogens is 4. The number of piperazine rings is 1. The lowest BCUT2D eigenvalue weighted by Crippen LogP contribution is -2.50. The Hall–Kier alpha value is -2.36. The molecule has 1 aliphatic heterocycles. The van der Waals surface area contributed by atoms with E-state index >= 15 is 0 Å². The van der Waals surface area contributed by atoms with Crippen LogP contribution in [0.15, 0.2) is 12.1 Å². The quantitative estimate of drug-likeness (QED) is 0.788. The zero-order valence-electron chi connectivity index (χ0n) is 14.8. The smallest absolute Gasteiger partial charge is 0.352 e. The fourth-order valence-corrected chi connectivity index (χ4v) is 3.08. The Balaban J connectivity index is 1.63. The van der Waals surface area contributed by atoms with Gasteiger partial charge in [-0.2, -0.15) is 23.4 Å². The summed E-state index contributed by atoms with van der Waals surface area (Å²) in [7, 11) is 0. The van der Waals surface area contributed by atoms with Crippen molar-refractivity contribution < 1.29 is 18.0 Å². The number of aryl methyl sites for hydroxylation is 1. The molecule has 3 heterocycles. The van der Waals surface area contributed by atoms with Crippen molar-refractivity contribution in [2.24, 2.45) is 0 Å². The molecule has 0 saturated carbocycles. The number of nitrogens with zero attached hydrogens (tertiary/aromatic N) is 6. The molecule has 0 spiro atoms. The average molecular weight is 403 g/mol. The average Bonchev–Trinajstić information content (AvgIpc) is 2.91. The molecule has 27 heavy (non-hydrogen) atoms. The first-order valence-corrected chi connectivity index (χ1v) is 8.68. The van der Waals surface area contributed by atoms with E-state index in [2.05, 4.69) is 15.3 Å². The highest BCUT2D eigenvalue weighted by Crippen LogP contribution is 2.35. The molecule has 0 aromatic carbocycles. The first kappa shape index (κ1) is 19.4. The van der Waals surface area contributed by atoms with Gasteiger partial charge < -0.3 is 9.80 Å². The van der Waals surface area contributed by atoms with Crippen molar-refractivity contribution >= 4 is 23.3 Å². The number of anilines is 1. The van der Waals surface area contributed by atoms with Crippen molar-refractivity contribution in [2.75, 3.05) is 31.1 Å². The number of hydrogen-bond acceptors (Lipinski definition) is 5. The van der Waals surface area contributed by atoms with Crippen molar-refractivity contribution in [1.82, 2.24) is 24.9 Å². The Labute approximate surface area is 158 Å². The summed E-state index contributed by atoms with van der Waals surface area (Å²) in [4.78, 5) is 16.1. The molecule has 2 aromatic heterocycles. The molecule has 0 radical (unpaired) electrons. The molecule has 146 valence electrons. The molecule has 0 aliphatic carbocycles. The van der Waals surface area contributed by atoms with E-state index < -0.39 is 16.9 Å². The van der Waals surface area contributed by atoms with Gasteiger partial charge in [0.1, 0.15) is 6.54 Å². The SMILES string of the molecule is Cc1ccc(N2CCN(C(=O)Cn3nc(C(F)(F)F)c(Cl)c3C)CC2)nn1. The summed E-state index contributed by atoms with van der Waals surface area (Å²) in [6.45, 7) is 4.98. The van der Waals surface area contributed by atoms with Gasteiger partial charge in [0, 0.05) is 26.2 Å². The molecule has 0 atom stereocenters. The Kier molecular flexibility index (Phi) is 5.27. The van der Waals surface area contributed by atoms with Gasteiger partial charge in [0.25, 0.3) is 0 Å².